The SMILES string of the molecule is CC(=Cn1c2c(c3cc(Cl)ccc31)CCN(C)CC2)c1ccccc1F. The average Bonchev–Trinajstić information content (AvgIpc) is 2.76. The summed E-state index contributed by atoms with van der Waals surface area (Å²) in [5.74, 6) is -0.188. The standard InChI is InChI=1S/C22H22ClFN2/c1-15(17-5-3-4-6-20(17)24)14-26-21-8-7-16(23)13-19(21)18-9-11-25(2)12-10-22(18)26/h3-8,13-14H,9-12H2,1-2H3. The second-order valence-electron chi connectivity index (χ2n) is 7.05. The van der Waals surface area contributed by atoms with Crippen LogP contribution in [-0.2, 0) is 12.8 Å². The maximum Gasteiger partial charge on any atom is 0.130 e. The van der Waals surface area contributed by atoms with Gasteiger partial charge in [0.2, 0.25) is 0 Å². The average molecular weight is 369 g/mol. The lowest BCUT2D eigenvalue weighted by Gasteiger charge is -2.13. The quantitative estimate of drug-likeness (QED) is 0.581. The minimum absolute atomic E-state index is 0.188. The summed E-state index contributed by atoms with van der Waals surface area (Å²) in [4.78, 5) is 2.36. The van der Waals surface area contributed by atoms with Crippen LogP contribution in [0.3, 0.4) is 0 Å². The molecule has 1 aliphatic rings. The molecule has 2 aromatic carbocycles. The summed E-state index contributed by atoms with van der Waals surface area (Å²) in [5, 5.41) is 1.96. The first kappa shape index (κ1) is 17.3. The second kappa shape index (κ2) is 6.90. The van der Waals surface area contributed by atoms with E-state index in [1.807, 2.05) is 25.1 Å². The molecule has 0 atom stereocenters. The minimum Gasteiger partial charge on any atom is -0.320 e. The van der Waals surface area contributed by atoms with Crippen LogP contribution in [0.1, 0.15) is 23.7 Å². The number of halogens is 2. The maximum absolute atomic E-state index is 14.2. The highest BCUT2D eigenvalue weighted by molar-refractivity contribution is 6.31. The Kier molecular flexibility index (Phi) is 4.60. The van der Waals surface area contributed by atoms with Crippen molar-refractivity contribution in [2.24, 2.45) is 0 Å². The van der Waals surface area contributed by atoms with Crippen molar-refractivity contribution in [3.8, 4) is 0 Å². The number of hydrogen-bond donors (Lipinski definition) is 0. The van der Waals surface area contributed by atoms with Crippen molar-refractivity contribution < 1.29 is 4.39 Å². The predicted molar refractivity (Wildman–Crippen MR) is 108 cm³/mol. The number of nitrogens with zero attached hydrogens (tertiary/aromatic N) is 2. The highest BCUT2D eigenvalue weighted by Crippen LogP contribution is 2.32. The van der Waals surface area contributed by atoms with E-state index in [0.29, 0.717) is 5.56 Å². The molecule has 0 amide bonds. The van der Waals surface area contributed by atoms with Crippen LogP contribution in [0, 0.1) is 5.82 Å². The van der Waals surface area contributed by atoms with Crippen LogP contribution in [0.15, 0.2) is 42.5 Å². The molecule has 3 aromatic rings. The van der Waals surface area contributed by atoms with Gasteiger partial charge in [-0.2, -0.15) is 0 Å². The number of fused-ring (bicyclic) bond motifs is 3. The van der Waals surface area contributed by atoms with Crippen LogP contribution in [0.2, 0.25) is 5.02 Å². The molecule has 0 fully saturated rings. The van der Waals surface area contributed by atoms with E-state index in [1.54, 1.807) is 6.07 Å². The molecule has 0 saturated carbocycles. The summed E-state index contributed by atoms with van der Waals surface area (Å²) in [7, 11) is 2.16. The predicted octanol–water partition coefficient (Wildman–Crippen LogP) is 5.48. The Hall–Kier alpha value is -2.10. The Balaban J connectivity index is 1.92. The third-order valence-electron chi connectivity index (χ3n) is 5.28. The van der Waals surface area contributed by atoms with Gasteiger partial charge in [-0.1, -0.05) is 29.8 Å². The summed E-state index contributed by atoms with van der Waals surface area (Å²) < 4.78 is 16.5. The number of hydrogen-bond acceptors (Lipinski definition) is 1. The van der Waals surface area contributed by atoms with E-state index in [-0.39, 0.29) is 5.82 Å². The summed E-state index contributed by atoms with van der Waals surface area (Å²) >= 11 is 6.28. The van der Waals surface area contributed by atoms with Gasteiger partial charge in [0.25, 0.3) is 0 Å². The third kappa shape index (κ3) is 3.06. The Labute approximate surface area is 158 Å². The van der Waals surface area contributed by atoms with E-state index in [9.17, 15) is 4.39 Å². The zero-order chi connectivity index (χ0) is 18.3. The lowest BCUT2D eigenvalue weighted by Crippen LogP contribution is -2.21. The number of aromatic nitrogens is 1. The molecule has 0 saturated heterocycles. The first-order chi connectivity index (χ1) is 12.5. The fourth-order valence-corrected chi connectivity index (χ4v) is 4.03. The first-order valence-electron chi connectivity index (χ1n) is 8.97. The molecule has 134 valence electrons. The zero-order valence-electron chi connectivity index (χ0n) is 15.1. The molecule has 4 rings (SSSR count). The highest BCUT2D eigenvalue weighted by Gasteiger charge is 2.20. The van der Waals surface area contributed by atoms with Crippen LogP contribution >= 0.6 is 11.6 Å². The lowest BCUT2D eigenvalue weighted by molar-refractivity contribution is 0.351. The fourth-order valence-electron chi connectivity index (χ4n) is 3.86. The molecule has 2 nitrogen and oxygen atoms in total. The van der Waals surface area contributed by atoms with E-state index in [0.717, 1.165) is 42.0 Å². The van der Waals surface area contributed by atoms with Crippen LogP contribution in [0.4, 0.5) is 4.39 Å². The van der Waals surface area contributed by atoms with Crippen molar-refractivity contribution >= 4 is 34.3 Å². The minimum atomic E-state index is -0.188. The molecule has 2 heterocycles. The second-order valence-corrected chi connectivity index (χ2v) is 7.49. The third-order valence-corrected chi connectivity index (χ3v) is 5.51. The van der Waals surface area contributed by atoms with E-state index in [4.69, 9.17) is 11.6 Å². The molecule has 4 heteroatoms. The molecule has 1 aliphatic heterocycles. The van der Waals surface area contributed by atoms with Gasteiger partial charge in [-0.15, -0.1) is 0 Å². The molecule has 0 spiro atoms. The lowest BCUT2D eigenvalue weighted by atomic mass is 10.1. The van der Waals surface area contributed by atoms with Gasteiger partial charge in [-0.25, -0.2) is 4.39 Å². The van der Waals surface area contributed by atoms with Gasteiger partial charge in [0.1, 0.15) is 5.82 Å². The van der Waals surface area contributed by atoms with E-state index in [2.05, 4.69) is 34.8 Å². The fraction of sp³-hybridized carbons (Fsp3) is 0.273. The number of allylic oxidation sites excluding steroid dienone is 1. The van der Waals surface area contributed by atoms with Crippen LogP contribution < -0.4 is 0 Å². The Morgan fingerprint density at radius 1 is 1.12 bits per heavy atom. The normalized spacial score (nSPS) is 15.9. The topological polar surface area (TPSA) is 8.17 Å². The summed E-state index contributed by atoms with van der Waals surface area (Å²) in [6.07, 6.45) is 4.04. The van der Waals surface area contributed by atoms with E-state index < -0.39 is 0 Å². The van der Waals surface area contributed by atoms with Crippen molar-refractivity contribution in [2.75, 3.05) is 20.1 Å². The molecular weight excluding hydrogens is 347 g/mol. The molecule has 0 bridgehead atoms. The molecule has 0 N–H and O–H groups in total. The number of benzene rings is 2. The van der Waals surface area contributed by atoms with Crippen molar-refractivity contribution in [2.45, 2.75) is 19.8 Å². The summed E-state index contributed by atoms with van der Waals surface area (Å²) in [6.45, 7) is 4.02. The molecule has 0 unspecified atom stereocenters. The Bertz CT molecular complexity index is 1000. The van der Waals surface area contributed by atoms with E-state index >= 15 is 0 Å². The zero-order valence-corrected chi connectivity index (χ0v) is 15.9. The molecule has 0 radical (unpaired) electrons. The van der Waals surface area contributed by atoms with Gasteiger partial charge in [0.05, 0.1) is 5.52 Å². The number of rotatable bonds is 2. The van der Waals surface area contributed by atoms with Gasteiger partial charge in [-0.05, 0) is 55.8 Å². The Morgan fingerprint density at radius 2 is 1.88 bits per heavy atom. The van der Waals surface area contributed by atoms with Crippen molar-refractivity contribution in [3.63, 3.8) is 0 Å². The molecular formula is C22H22ClFN2. The van der Waals surface area contributed by atoms with Gasteiger partial charge in [0, 0.05) is 47.4 Å². The highest BCUT2D eigenvalue weighted by atomic mass is 35.5. The first-order valence-corrected chi connectivity index (χ1v) is 9.35. The van der Waals surface area contributed by atoms with Gasteiger partial charge in [-0.3, -0.25) is 0 Å². The largest absolute Gasteiger partial charge is 0.320 e. The van der Waals surface area contributed by atoms with Crippen LogP contribution in [-0.4, -0.2) is 29.6 Å². The summed E-state index contributed by atoms with van der Waals surface area (Å²) in [6, 6.07) is 13.0. The molecule has 0 aliphatic carbocycles. The Morgan fingerprint density at radius 3 is 2.69 bits per heavy atom. The van der Waals surface area contributed by atoms with Gasteiger partial charge >= 0.3 is 0 Å². The van der Waals surface area contributed by atoms with Crippen LogP contribution in [0.5, 0.6) is 0 Å². The molecule has 1 aromatic heterocycles. The van der Waals surface area contributed by atoms with Crippen molar-refractivity contribution in [3.05, 3.63) is 70.1 Å². The maximum atomic E-state index is 14.2. The van der Waals surface area contributed by atoms with Crippen molar-refractivity contribution in [1.82, 2.24) is 9.47 Å². The van der Waals surface area contributed by atoms with Crippen LogP contribution in [0.25, 0.3) is 22.7 Å². The van der Waals surface area contributed by atoms with E-state index in [1.165, 1.54) is 22.7 Å². The molecule has 26 heavy (non-hydrogen) atoms. The smallest absolute Gasteiger partial charge is 0.130 e. The van der Waals surface area contributed by atoms with Crippen molar-refractivity contribution in [1.29, 1.82) is 0 Å². The number of likely N-dealkylation sites (N-methyl/N-ethyl adjacent to an activating group) is 1. The van der Waals surface area contributed by atoms with Gasteiger partial charge in [0.15, 0.2) is 0 Å². The summed E-state index contributed by atoms with van der Waals surface area (Å²) in [5.41, 5.74) is 5.37. The van der Waals surface area contributed by atoms with Gasteiger partial charge < -0.3 is 9.47 Å². The monoisotopic (exact) mass is 368 g/mol.